The van der Waals surface area contributed by atoms with Gasteiger partial charge in [-0.15, -0.1) is 0 Å². The van der Waals surface area contributed by atoms with E-state index in [9.17, 15) is 14.9 Å². The fourth-order valence-electron chi connectivity index (χ4n) is 1.45. The lowest BCUT2D eigenvalue weighted by Gasteiger charge is -2.27. The van der Waals surface area contributed by atoms with Crippen LogP contribution in [0.5, 0.6) is 0 Å². The summed E-state index contributed by atoms with van der Waals surface area (Å²) in [7, 11) is 2.47. The van der Waals surface area contributed by atoms with Crippen molar-refractivity contribution in [3.63, 3.8) is 0 Å². The maximum Gasteiger partial charge on any atom is 0.391 e. The summed E-state index contributed by atoms with van der Waals surface area (Å²) in [4.78, 5) is 25.2. The van der Waals surface area contributed by atoms with Crippen molar-refractivity contribution in [1.82, 2.24) is 4.42 Å². The van der Waals surface area contributed by atoms with Crippen LogP contribution in [0, 0.1) is 10.1 Å². The number of aliphatic imine (C=N–C) groups is 1. The highest BCUT2D eigenvalue weighted by Crippen LogP contribution is 2.27. The highest BCUT2D eigenvalue weighted by molar-refractivity contribution is 6.15. The first-order valence-corrected chi connectivity index (χ1v) is 5.25. The quantitative estimate of drug-likeness (QED) is 0.430. The molecule has 1 atom stereocenters. The van der Waals surface area contributed by atoms with Gasteiger partial charge < -0.3 is 9.47 Å². The first-order valence-electron chi connectivity index (χ1n) is 4.91. The van der Waals surface area contributed by atoms with Crippen molar-refractivity contribution in [2.24, 2.45) is 4.99 Å². The number of carbonyl (C=O) groups is 1. The molecule has 18 heavy (non-hydrogen) atoms. The molecule has 9 heteroatoms. The molecule has 0 aromatic carbocycles. The van der Waals surface area contributed by atoms with E-state index in [1.165, 1.54) is 21.1 Å². The zero-order chi connectivity index (χ0) is 13.9. The predicted molar refractivity (Wildman–Crippen MR) is 62.3 cm³/mol. The molecule has 0 radical (unpaired) electrons. The Hall–Kier alpha value is -1.83. The number of hydrogen-bond acceptors (Lipinski definition) is 7. The highest BCUT2D eigenvalue weighted by Gasteiger charge is 2.39. The zero-order valence-electron chi connectivity index (χ0n) is 10.0. The van der Waals surface area contributed by atoms with E-state index >= 15 is 0 Å². The Kier molecular flexibility index (Phi) is 4.49. The average molecular weight is 278 g/mol. The van der Waals surface area contributed by atoms with Crippen molar-refractivity contribution in [3.8, 4) is 0 Å². The van der Waals surface area contributed by atoms with Gasteiger partial charge >= 0.3 is 5.70 Å². The fraction of sp³-hybridized carbons (Fsp3) is 0.556. The molecule has 0 amide bonds. The maximum atomic E-state index is 11.1. The van der Waals surface area contributed by atoms with Gasteiger partial charge in [-0.25, -0.2) is 9.41 Å². The van der Waals surface area contributed by atoms with Crippen LogP contribution in [0.4, 0.5) is 0 Å². The third-order valence-corrected chi connectivity index (χ3v) is 2.55. The van der Waals surface area contributed by atoms with Crippen LogP contribution in [0.25, 0.3) is 0 Å². The topological polar surface area (TPSA) is 94.3 Å². The molecule has 0 aromatic heterocycles. The lowest BCUT2D eigenvalue weighted by atomic mass is 10.2. The molecule has 1 aliphatic heterocycles. The van der Waals surface area contributed by atoms with E-state index in [0.29, 0.717) is 0 Å². The summed E-state index contributed by atoms with van der Waals surface area (Å²) < 4.78 is 10.6. The number of ketones is 1. The van der Waals surface area contributed by atoms with E-state index in [0.717, 1.165) is 4.42 Å². The van der Waals surface area contributed by atoms with Crippen LogP contribution >= 0.6 is 11.8 Å². The van der Waals surface area contributed by atoms with E-state index in [-0.39, 0.29) is 24.0 Å². The number of carbonyl (C=O) groups excluding carboxylic acids is 1. The second-order valence-corrected chi connectivity index (χ2v) is 3.82. The SMILES string of the molecule is COC1=NC(CC(C)=O)N(Cl)C(OC)=C1[N+](=O)[O-]. The third kappa shape index (κ3) is 2.70. The smallest absolute Gasteiger partial charge is 0.391 e. The molecular formula is C9H12ClN3O5. The van der Waals surface area contributed by atoms with Gasteiger partial charge in [0.1, 0.15) is 11.9 Å². The van der Waals surface area contributed by atoms with Gasteiger partial charge in [0, 0.05) is 18.2 Å². The molecule has 0 spiro atoms. The number of nitrogens with zero attached hydrogens (tertiary/aromatic N) is 3. The van der Waals surface area contributed by atoms with Gasteiger partial charge in [-0.2, -0.15) is 0 Å². The summed E-state index contributed by atoms with van der Waals surface area (Å²) in [5, 5.41) is 10.9. The summed E-state index contributed by atoms with van der Waals surface area (Å²) >= 11 is 5.89. The maximum absolute atomic E-state index is 11.1. The first-order chi connectivity index (χ1) is 8.42. The molecule has 1 aliphatic rings. The zero-order valence-corrected chi connectivity index (χ0v) is 10.8. The van der Waals surface area contributed by atoms with Crippen molar-refractivity contribution in [3.05, 3.63) is 21.7 Å². The number of halogens is 1. The summed E-state index contributed by atoms with van der Waals surface area (Å²) in [5.74, 6) is -0.593. The second-order valence-electron chi connectivity index (χ2n) is 3.45. The lowest BCUT2D eigenvalue weighted by Crippen LogP contribution is -2.37. The van der Waals surface area contributed by atoms with Crippen LogP contribution in [0.3, 0.4) is 0 Å². The normalized spacial score (nSPS) is 19.4. The minimum atomic E-state index is -0.794. The molecule has 0 bridgehead atoms. The van der Waals surface area contributed by atoms with Gasteiger partial charge in [0.15, 0.2) is 0 Å². The van der Waals surface area contributed by atoms with Gasteiger partial charge in [0.05, 0.1) is 19.1 Å². The van der Waals surface area contributed by atoms with Gasteiger partial charge in [-0.1, -0.05) is 0 Å². The summed E-state index contributed by atoms with van der Waals surface area (Å²) in [5.41, 5.74) is -0.477. The number of Topliss-reactive ketones (excluding diaryl/α,β-unsaturated/α-hetero) is 1. The van der Waals surface area contributed by atoms with E-state index in [4.69, 9.17) is 21.3 Å². The average Bonchev–Trinajstić information content (AvgIpc) is 2.29. The molecular weight excluding hydrogens is 266 g/mol. The summed E-state index contributed by atoms with van der Waals surface area (Å²) in [6.07, 6.45) is -0.799. The Morgan fingerprint density at radius 2 is 2.17 bits per heavy atom. The van der Waals surface area contributed by atoms with Crippen LogP contribution in [0.15, 0.2) is 16.6 Å². The molecule has 0 fully saturated rings. The van der Waals surface area contributed by atoms with Crippen LogP contribution in [-0.4, -0.2) is 41.4 Å². The molecule has 1 heterocycles. The Bertz CT molecular complexity index is 434. The van der Waals surface area contributed by atoms with Crippen molar-refractivity contribution in [2.45, 2.75) is 19.5 Å². The number of hydrogen-bond donors (Lipinski definition) is 0. The lowest BCUT2D eigenvalue weighted by molar-refractivity contribution is -0.421. The largest absolute Gasteiger partial charge is 0.477 e. The summed E-state index contributed by atoms with van der Waals surface area (Å²) in [6, 6.07) is 0. The Balaban J connectivity index is 3.21. The van der Waals surface area contributed by atoms with Crippen LogP contribution in [-0.2, 0) is 14.3 Å². The molecule has 0 saturated carbocycles. The van der Waals surface area contributed by atoms with E-state index < -0.39 is 16.8 Å². The number of rotatable bonds is 4. The van der Waals surface area contributed by atoms with Gasteiger partial charge in [0.2, 0.25) is 0 Å². The van der Waals surface area contributed by atoms with Crippen LogP contribution < -0.4 is 0 Å². The Morgan fingerprint density at radius 3 is 2.56 bits per heavy atom. The predicted octanol–water partition coefficient (Wildman–Crippen LogP) is 0.898. The Labute approximate surface area is 108 Å². The molecule has 100 valence electrons. The van der Waals surface area contributed by atoms with Gasteiger partial charge in [-0.3, -0.25) is 14.9 Å². The summed E-state index contributed by atoms with van der Waals surface area (Å²) in [6.45, 7) is 1.37. The molecule has 0 aliphatic carbocycles. The molecule has 0 saturated heterocycles. The minimum absolute atomic E-state index is 0.00574. The number of ether oxygens (including phenoxy) is 2. The number of nitro groups is 1. The minimum Gasteiger partial charge on any atom is -0.477 e. The molecule has 0 N–H and O–H groups in total. The standard InChI is InChI=1S/C9H12ClN3O5/c1-5(14)4-6-11-8(17-2)7(13(15)16)9(18-3)12(6)10/h6H,4H2,1-3H3. The number of methoxy groups -OCH3 is 2. The van der Waals surface area contributed by atoms with Crippen molar-refractivity contribution >= 4 is 23.5 Å². The molecule has 1 unspecified atom stereocenters. The van der Waals surface area contributed by atoms with Crippen molar-refractivity contribution in [1.29, 1.82) is 0 Å². The Morgan fingerprint density at radius 1 is 1.56 bits per heavy atom. The van der Waals surface area contributed by atoms with Gasteiger partial charge in [0.25, 0.3) is 11.8 Å². The van der Waals surface area contributed by atoms with Crippen LogP contribution in [0.2, 0.25) is 0 Å². The molecule has 8 nitrogen and oxygen atoms in total. The third-order valence-electron chi connectivity index (χ3n) is 2.17. The molecule has 0 aromatic rings. The second kappa shape index (κ2) is 5.67. The van der Waals surface area contributed by atoms with E-state index in [1.54, 1.807) is 0 Å². The fourth-order valence-corrected chi connectivity index (χ4v) is 1.71. The first kappa shape index (κ1) is 14.2. The monoisotopic (exact) mass is 277 g/mol. The van der Waals surface area contributed by atoms with Crippen molar-refractivity contribution in [2.75, 3.05) is 14.2 Å². The molecule has 1 rings (SSSR count). The van der Waals surface area contributed by atoms with E-state index in [2.05, 4.69) is 4.99 Å². The van der Waals surface area contributed by atoms with Crippen molar-refractivity contribution < 1.29 is 19.2 Å². The van der Waals surface area contributed by atoms with E-state index in [1.807, 2.05) is 0 Å². The highest BCUT2D eigenvalue weighted by atomic mass is 35.5. The van der Waals surface area contributed by atoms with Gasteiger partial charge in [-0.05, 0) is 6.92 Å². The van der Waals surface area contributed by atoms with Crippen LogP contribution in [0.1, 0.15) is 13.3 Å².